The van der Waals surface area contributed by atoms with Gasteiger partial charge in [-0.25, -0.2) is 4.98 Å². The molecule has 0 aromatic carbocycles. The van der Waals surface area contributed by atoms with Crippen molar-refractivity contribution in [1.29, 1.82) is 0 Å². The van der Waals surface area contributed by atoms with Crippen molar-refractivity contribution in [3.05, 3.63) is 23.9 Å². The van der Waals surface area contributed by atoms with Crippen LogP contribution in [-0.2, 0) is 6.54 Å². The maximum absolute atomic E-state index is 5.47. The third-order valence-electron chi connectivity index (χ3n) is 1.50. The second-order valence-electron chi connectivity index (χ2n) is 2.62. The third-order valence-corrected chi connectivity index (χ3v) is 1.50. The minimum Gasteiger partial charge on any atom is -0.363 e. The molecule has 0 amide bonds. The van der Waals surface area contributed by atoms with Crippen LogP contribution in [0.1, 0.15) is 5.56 Å². The number of hydrogen-bond donors (Lipinski definition) is 1. The first-order valence-electron chi connectivity index (χ1n) is 3.56. The fourth-order valence-electron chi connectivity index (χ4n) is 0.832. The van der Waals surface area contributed by atoms with Crippen LogP contribution in [0.2, 0.25) is 0 Å². The second kappa shape index (κ2) is 3.34. The summed E-state index contributed by atoms with van der Waals surface area (Å²) in [6.45, 7) is 0.573. The summed E-state index contributed by atoms with van der Waals surface area (Å²) >= 11 is 0. The quantitative estimate of drug-likeness (QED) is 0.673. The molecule has 0 saturated heterocycles. The molecule has 1 aromatic heterocycles. The first-order chi connectivity index (χ1) is 5.24. The van der Waals surface area contributed by atoms with E-state index in [1.807, 2.05) is 31.1 Å². The van der Waals surface area contributed by atoms with E-state index >= 15 is 0 Å². The molecule has 0 unspecified atom stereocenters. The normalized spacial score (nSPS) is 9.73. The SMILES string of the molecule is CN(C)c1cc(CN)ccn1. The zero-order chi connectivity index (χ0) is 8.27. The highest BCUT2D eigenvalue weighted by molar-refractivity contribution is 5.38. The molecule has 0 aliphatic rings. The molecule has 0 spiro atoms. The van der Waals surface area contributed by atoms with Crippen LogP contribution in [0.3, 0.4) is 0 Å². The minimum atomic E-state index is 0.573. The van der Waals surface area contributed by atoms with Gasteiger partial charge in [0.25, 0.3) is 0 Å². The molecule has 0 aliphatic heterocycles. The van der Waals surface area contributed by atoms with Gasteiger partial charge in [0.15, 0.2) is 0 Å². The van der Waals surface area contributed by atoms with Crippen molar-refractivity contribution in [1.82, 2.24) is 4.98 Å². The molecule has 0 fully saturated rings. The van der Waals surface area contributed by atoms with E-state index < -0.39 is 0 Å². The van der Waals surface area contributed by atoms with Crippen molar-refractivity contribution in [3.63, 3.8) is 0 Å². The average Bonchev–Trinajstić information content (AvgIpc) is 2.05. The van der Waals surface area contributed by atoms with E-state index in [0.29, 0.717) is 6.54 Å². The van der Waals surface area contributed by atoms with Crippen LogP contribution in [0.25, 0.3) is 0 Å². The molecule has 0 aliphatic carbocycles. The molecule has 2 N–H and O–H groups in total. The van der Waals surface area contributed by atoms with Gasteiger partial charge in [-0.15, -0.1) is 0 Å². The fourth-order valence-corrected chi connectivity index (χ4v) is 0.832. The first kappa shape index (κ1) is 8.01. The van der Waals surface area contributed by atoms with Gasteiger partial charge in [-0.3, -0.25) is 0 Å². The van der Waals surface area contributed by atoms with Crippen molar-refractivity contribution in [2.45, 2.75) is 6.54 Å². The van der Waals surface area contributed by atoms with Crippen LogP contribution >= 0.6 is 0 Å². The van der Waals surface area contributed by atoms with E-state index in [4.69, 9.17) is 5.73 Å². The van der Waals surface area contributed by atoms with Gasteiger partial charge in [0.1, 0.15) is 5.82 Å². The van der Waals surface area contributed by atoms with Gasteiger partial charge >= 0.3 is 0 Å². The lowest BCUT2D eigenvalue weighted by atomic mass is 10.2. The summed E-state index contributed by atoms with van der Waals surface area (Å²) in [5, 5.41) is 0. The molecular formula is C8H13N3. The summed E-state index contributed by atoms with van der Waals surface area (Å²) in [4.78, 5) is 6.11. The van der Waals surface area contributed by atoms with E-state index in [1.165, 1.54) is 0 Å². The second-order valence-corrected chi connectivity index (χ2v) is 2.62. The van der Waals surface area contributed by atoms with Gasteiger partial charge in [-0.05, 0) is 17.7 Å². The molecule has 1 aromatic rings. The highest BCUT2D eigenvalue weighted by atomic mass is 15.1. The molecule has 3 nitrogen and oxygen atoms in total. The summed E-state index contributed by atoms with van der Waals surface area (Å²) in [5.41, 5.74) is 6.59. The van der Waals surface area contributed by atoms with E-state index in [-0.39, 0.29) is 0 Å². The van der Waals surface area contributed by atoms with Crippen molar-refractivity contribution < 1.29 is 0 Å². The minimum absolute atomic E-state index is 0.573. The summed E-state index contributed by atoms with van der Waals surface area (Å²) in [7, 11) is 3.92. The Morgan fingerprint density at radius 1 is 1.55 bits per heavy atom. The van der Waals surface area contributed by atoms with Crippen molar-refractivity contribution in [3.8, 4) is 0 Å². The number of rotatable bonds is 2. The first-order valence-corrected chi connectivity index (χ1v) is 3.56. The largest absolute Gasteiger partial charge is 0.363 e. The number of nitrogens with zero attached hydrogens (tertiary/aromatic N) is 2. The van der Waals surface area contributed by atoms with E-state index in [0.717, 1.165) is 11.4 Å². The number of nitrogens with two attached hydrogens (primary N) is 1. The van der Waals surface area contributed by atoms with Crippen LogP contribution in [0.4, 0.5) is 5.82 Å². The zero-order valence-corrected chi connectivity index (χ0v) is 6.91. The van der Waals surface area contributed by atoms with Crippen molar-refractivity contribution in [2.75, 3.05) is 19.0 Å². The smallest absolute Gasteiger partial charge is 0.128 e. The van der Waals surface area contributed by atoms with Gasteiger partial charge < -0.3 is 10.6 Å². The van der Waals surface area contributed by atoms with E-state index in [1.54, 1.807) is 6.20 Å². The Hall–Kier alpha value is -1.09. The molecule has 1 rings (SSSR count). The molecule has 1 heterocycles. The van der Waals surface area contributed by atoms with Gasteiger partial charge in [0.2, 0.25) is 0 Å². The molecular weight excluding hydrogens is 138 g/mol. The molecule has 11 heavy (non-hydrogen) atoms. The molecule has 3 heteroatoms. The van der Waals surface area contributed by atoms with Gasteiger partial charge in [0.05, 0.1) is 0 Å². The predicted molar refractivity (Wildman–Crippen MR) is 46.5 cm³/mol. The number of hydrogen-bond acceptors (Lipinski definition) is 3. The standard InChI is InChI=1S/C8H13N3/c1-11(2)8-5-7(6-9)3-4-10-8/h3-5H,6,9H2,1-2H3. The van der Waals surface area contributed by atoms with Gasteiger partial charge in [-0.2, -0.15) is 0 Å². The lowest BCUT2D eigenvalue weighted by Crippen LogP contribution is -2.11. The lowest BCUT2D eigenvalue weighted by molar-refractivity contribution is 1.02. The monoisotopic (exact) mass is 151 g/mol. The third kappa shape index (κ3) is 1.91. The molecule has 0 saturated carbocycles. The Kier molecular flexibility index (Phi) is 2.44. The Labute approximate surface area is 66.8 Å². The molecule has 60 valence electrons. The van der Waals surface area contributed by atoms with Gasteiger partial charge in [-0.1, -0.05) is 0 Å². The van der Waals surface area contributed by atoms with Crippen molar-refractivity contribution in [2.24, 2.45) is 5.73 Å². The maximum Gasteiger partial charge on any atom is 0.128 e. The van der Waals surface area contributed by atoms with Crippen LogP contribution < -0.4 is 10.6 Å². The maximum atomic E-state index is 5.47. The highest BCUT2D eigenvalue weighted by Crippen LogP contribution is 2.08. The number of pyridine rings is 1. The van der Waals surface area contributed by atoms with E-state index in [9.17, 15) is 0 Å². The Morgan fingerprint density at radius 2 is 2.27 bits per heavy atom. The molecule has 0 atom stereocenters. The Balaban J connectivity index is 2.91. The van der Waals surface area contributed by atoms with Gasteiger partial charge in [0, 0.05) is 26.8 Å². The van der Waals surface area contributed by atoms with Crippen LogP contribution in [-0.4, -0.2) is 19.1 Å². The predicted octanol–water partition coefficient (Wildman–Crippen LogP) is 0.606. The van der Waals surface area contributed by atoms with Crippen LogP contribution in [0, 0.1) is 0 Å². The Morgan fingerprint density at radius 3 is 2.82 bits per heavy atom. The number of anilines is 1. The van der Waals surface area contributed by atoms with Crippen LogP contribution in [0.15, 0.2) is 18.3 Å². The lowest BCUT2D eigenvalue weighted by Gasteiger charge is -2.11. The average molecular weight is 151 g/mol. The Bertz CT molecular complexity index is 233. The summed E-state index contributed by atoms with van der Waals surface area (Å²) in [6, 6.07) is 3.91. The van der Waals surface area contributed by atoms with E-state index in [2.05, 4.69) is 4.98 Å². The number of aromatic nitrogens is 1. The zero-order valence-electron chi connectivity index (χ0n) is 6.91. The topological polar surface area (TPSA) is 42.1 Å². The summed E-state index contributed by atoms with van der Waals surface area (Å²) in [5.74, 6) is 0.952. The summed E-state index contributed by atoms with van der Waals surface area (Å²) < 4.78 is 0. The van der Waals surface area contributed by atoms with Crippen LogP contribution in [0.5, 0.6) is 0 Å². The molecule has 0 radical (unpaired) electrons. The fraction of sp³-hybridized carbons (Fsp3) is 0.375. The summed E-state index contributed by atoms with van der Waals surface area (Å²) in [6.07, 6.45) is 1.78. The highest BCUT2D eigenvalue weighted by Gasteiger charge is 1.96. The molecule has 0 bridgehead atoms. The van der Waals surface area contributed by atoms with Crippen molar-refractivity contribution >= 4 is 5.82 Å².